The molecule has 0 N–H and O–H groups in total. The van der Waals surface area contributed by atoms with E-state index in [2.05, 4.69) is 16.3 Å². The minimum atomic E-state index is -1.17. The van der Waals surface area contributed by atoms with Crippen molar-refractivity contribution < 1.29 is 34.8 Å². The van der Waals surface area contributed by atoms with Crippen LogP contribution in [0, 0.1) is 6.33 Å². The van der Waals surface area contributed by atoms with Crippen LogP contribution in [0.4, 0.5) is 0 Å². The van der Waals surface area contributed by atoms with Crippen LogP contribution in [0.25, 0.3) is 0 Å². The molecule has 1 unspecified atom stereocenters. The van der Waals surface area contributed by atoms with Crippen molar-refractivity contribution in [3.63, 3.8) is 0 Å². The first-order valence-corrected chi connectivity index (χ1v) is 7.24. The van der Waals surface area contributed by atoms with Crippen LogP contribution in [0.3, 0.4) is 0 Å². The van der Waals surface area contributed by atoms with Crippen LogP contribution in [0.2, 0.25) is 0 Å². The third-order valence-electron chi connectivity index (χ3n) is 3.22. The van der Waals surface area contributed by atoms with E-state index in [1.165, 1.54) is 6.92 Å². The largest absolute Gasteiger partial charge is 2.00 e. The van der Waals surface area contributed by atoms with Gasteiger partial charge in [0, 0.05) is 27.1 Å². The minimum absolute atomic E-state index is 0. The van der Waals surface area contributed by atoms with E-state index in [0.29, 0.717) is 0 Å². The molecule has 0 aliphatic carbocycles. The summed E-state index contributed by atoms with van der Waals surface area (Å²) in [6.45, 7) is 3.24. The van der Waals surface area contributed by atoms with Gasteiger partial charge >= 0.3 is 63.4 Å². The molecule has 138 valence electrons. The number of hydrogen-bond acceptors (Lipinski definition) is 10. The molecule has 0 amide bonds. The number of ether oxygens (including phenoxy) is 4. The molecule has 12 heteroatoms. The topological polar surface area (TPSA) is 136 Å². The van der Waals surface area contributed by atoms with Crippen molar-refractivity contribution in [3.05, 3.63) is 23.1 Å². The van der Waals surface area contributed by atoms with Crippen LogP contribution in [0.1, 0.15) is 28.4 Å². The zero-order valence-corrected chi connectivity index (χ0v) is 17.9. The van der Waals surface area contributed by atoms with Gasteiger partial charge in [0.2, 0.25) is 5.69 Å². The van der Waals surface area contributed by atoms with Crippen molar-refractivity contribution in [2.75, 3.05) is 6.61 Å². The summed E-state index contributed by atoms with van der Waals surface area (Å²) < 4.78 is 21.8. The van der Waals surface area contributed by atoms with E-state index < -0.39 is 48.1 Å². The van der Waals surface area contributed by atoms with Crippen molar-refractivity contribution in [2.24, 2.45) is 0 Å². The number of carbonyl (C=O) groups excluding carboxylic acids is 3. The number of rotatable bonds is 5. The van der Waals surface area contributed by atoms with Gasteiger partial charge in [-0.15, -0.1) is 0 Å². The molecule has 0 bridgehead atoms. The van der Waals surface area contributed by atoms with Crippen molar-refractivity contribution >= 4 is 63.4 Å². The summed E-state index contributed by atoms with van der Waals surface area (Å²) in [4.78, 5) is 52.8. The third-order valence-corrected chi connectivity index (χ3v) is 3.22. The standard InChI is InChI=1S/C14H16N3O8.Sr.H/c1-7(18)22-4-10-11(23-8(2)19)12(24-9(3)20)13(25-10)17-6-15-5-16-14(17)21;;/h6,10-13H,4H2,1-3H3;;/q-1;+2;-1/t10-,11+,12?,13-;;/m1../s1. The molecule has 1 aromatic heterocycles. The summed E-state index contributed by atoms with van der Waals surface area (Å²) >= 11 is 0. The molecule has 2 rings (SSSR count). The molecule has 0 aromatic carbocycles. The fraction of sp³-hybridized carbons (Fsp3) is 0.571. The van der Waals surface area contributed by atoms with Crippen LogP contribution in [0.15, 0.2) is 11.1 Å². The monoisotopic (exact) mass is 443 g/mol. The van der Waals surface area contributed by atoms with Gasteiger partial charge in [0.25, 0.3) is 0 Å². The van der Waals surface area contributed by atoms with Gasteiger partial charge in [0.05, 0.1) is 0 Å². The van der Waals surface area contributed by atoms with Crippen molar-refractivity contribution in [2.45, 2.75) is 45.3 Å². The average molecular weight is 443 g/mol. The molecule has 1 fully saturated rings. The zero-order valence-electron chi connectivity index (χ0n) is 15.4. The van der Waals surface area contributed by atoms with Crippen molar-refractivity contribution in [1.29, 1.82) is 0 Å². The normalized spacial score (nSPS) is 24.3. The van der Waals surface area contributed by atoms with Crippen LogP contribution in [-0.2, 0) is 33.3 Å². The van der Waals surface area contributed by atoms with E-state index in [4.69, 9.17) is 18.9 Å². The molecule has 4 atom stereocenters. The SMILES string of the molecule is CC(=O)OC[C@H]1O[C@@H](n2cn[c-]nc2=O)C(OC(C)=O)[C@H]1OC(C)=O.[H-].[Sr+2]. The van der Waals surface area contributed by atoms with Crippen LogP contribution in [-0.4, -0.2) is 103 Å². The maximum atomic E-state index is 11.9. The van der Waals surface area contributed by atoms with Gasteiger partial charge in [-0.2, -0.15) is 0 Å². The first-order valence-electron chi connectivity index (χ1n) is 7.24. The van der Waals surface area contributed by atoms with Gasteiger partial charge in [-0.1, -0.05) is 0 Å². The Kier molecular flexibility index (Phi) is 8.83. The van der Waals surface area contributed by atoms with Crippen molar-refractivity contribution in [3.8, 4) is 0 Å². The number of hydrogen-bond donors (Lipinski definition) is 0. The molecule has 0 saturated carbocycles. The summed E-state index contributed by atoms with van der Waals surface area (Å²) in [5.41, 5.74) is -0.758. The predicted octanol–water partition coefficient (Wildman–Crippen LogP) is -1.51. The summed E-state index contributed by atoms with van der Waals surface area (Å²) in [5.74, 6) is -1.92. The Bertz CT molecular complexity index is 730. The van der Waals surface area contributed by atoms with Gasteiger partial charge in [-0.3, -0.25) is 14.4 Å². The summed E-state index contributed by atoms with van der Waals surface area (Å²) in [7, 11) is 0. The molecule has 0 spiro atoms. The van der Waals surface area contributed by atoms with Gasteiger partial charge < -0.3 is 39.7 Å². The molecule has 1 saturated heterocycles. The fourth-order valence-corrected chi connectivity index (χ4v) is 2.36. The average Bonchev–Trinajstić information content (AvgIpc) is 2.82. The Balaban J connectivity index is 0.00000338. The molecule has 1 aliphatic rings. The van der Waals surface area contributed by atoms with E-state index >= 15 is 0 Å². The second-order valence-electron chi connectivity index (χ2n) is 5.16. The number of carbonyl (C=O) groups is 3. The van der Waals surface area contributed by atoms with Gasteiger partial charge in [-0.05, 0) is 6.33 Å². The maximum Gasteiger partial charge on any atom is 2.00 e. The quantitative estimate of drug-likeness (QED) is 0.229. The first-order chi connectivity index (χ1) is 11.8. The molecular formula is C14H17N3O8Sr. The van der Waals surface area contributed by atoms with E-state index in [9.17, 15) is 19.2 Å². The summed E-state index contributed by atoms with van der Waals surface area (Å²) in [5, 5.41) is 0. The van der Waals surface area contributed by atoms with Gasteiger partial charge in [0.1, 0.15) is 12.7 Å². The third kappa shape index (κ3) is 5.84. The molecule has 2 heterocycles. The molecule has 1 aliphatic heterocycles. The Morgan fingerprint density at radius 2 is 1.81 bits per heavy atom. The van der Waals surface area contributed by atoms with Gasteiger partial charge in [0.15, 0.2) is 18.4 Å². The van der Waals surface area contributed by atoms with Gasteiger partial charge in [-0.25, -0.2) is 0 Å². The Morgan fingerprint density at radius 1 is 1.19 bits per heavy atom. The molecule has 1 aromatic rings. The molecular weight excluding hydrogens is 426 g/mol. The zero-order chi connectivity index (χ0) is 18.6. The fourth-order valence-electron chi connectivity index (χ4n) is 2.36. The Labute approximate surface area is 186 Å². The first kappa shape index (κ1) is 22.7. The van der Waals surface area contributed by atoms with Crippen LogP contribution in [0.5, 0.6) is 0 Å². The van der Waals surface area contributed by atoms with E-state index in [0.717, 1.165) is 24.7 Å². The van der Waals surface area contributed by atoms with Crippen LogP contribution < -0.4 is 5.69 Å². The van der Waals surface area contributed by atoms with E-state index in [1.807, 2.05) is 0 Å². The second-order valence-corrected chi connectivity index (χ2v) is 5.16. The summed E-state index contributed by atoms with van der Waals surface area (Å²) in [6, 6.07) is 0. The van der Waals surface area contributed by atoms with E-state index in [-0.39, 0.29) is 53.5 Å². The molecule has 26 heavy (non-hydrogen) atoms. The Hall–Kier alpha value is -1.34. The Morgan fingerprint density at radius 3 is 2.35 bits per heavy atom. The predicted molar refractivity (Wildman–Crippen MR) is 83.6 cm³/mol. The number of aromatic nitrogens is 3. The second kappa shape index (κ2) is 10.1. The maximum absolute atomic E-state index is 11.9. The summed E-state index contributed by atoms with van der Waals surface area (Å²) in [6.07, 6.45) is -1.17. The molecule has 11 nitrogen and oxygen atoms in total. The van der Waals surface area contributed by atoms with Crippen LogP contribution >= 0.6 is 0 Å². The van der Waals surface area contributed by atoms with Crippen molar-refractivity contribution in [1.82, 2.24) is 14.5 Å². The number of esters is 3. The smallest absolute Gasteiger partial charge is 1.00 e. The minimum Gasteiger partial charge on any atom is -1.00 e. The molecule has 0 radical (unpaired) electrons. The number of nitrogens with zero attached hydrogens (tertiary/aromatic N) is 3. The van der Waals surface area contributed by atoms with E-state index in [1.54, 1.807) is 0 Å².